The quantitative estimate of drug-likeness (QED) is 0.418. The second-order valence-corrected chi connectivity index (χ2v) is 6.63. The summed E-state index contributed by atoms with van der Waals surface area (Å²) in [7, 11) is -2.43. The zero-order valence-corrected chi connectivity index (χ0v) is 12.4. The van der Waals surface area contributed by atoms with E-state index in [0.29, 0.717) is 13.0 Å². The Kier molecular flexibility index (Phi) is 4.67. The SMILES string of the molecule is NN1CCC[C@](N)([P+](=O)NC(=O)Cc2ccccc2)C1=O. The number of hydrogen-bond acceptors (Lipinski definition) is 5. The Balaban J connectivity index is 2.00. The topological polar surface area (TPSA) is 119 Å². The number of piperidine rings is 1. The third-order valence-electron chi connectivity index (χ3n) is 3.38. The summed E-state index contributed by atoms with van der Waals surface area (Å²) in [6.07, 6.45) is 0.868. The Morgan fingerprint density at radius 2 is 2.05 bits per heavy atom. The van der Waals surface area contributed by atoms with E-state index in [9.17, 15) is 14.2 Å². The van der Waals surface area contributed by atoms with Crippen molar-refractivity contribution in [1.82, 2.24) is 10.1 Å². The maximum atomic E-state index is 12.3. The van der Waals surface area contributed by atoms with Crippen molar-refractivity contribution in [1.29, 1.82) is 0 Å². The lowest BCUT2D eigenvalue weighted by molar-refractivity contribution is -0.136. The van der Waals surface area contributed by atoms with E-state index >= 15 is 0 Å². The third-order valence-corrected chi connectivity index (χ3v) is 4.98. The van der Waals surface area contributed by atoms with Crippen molar-refractivity contribution in [2.75, 3.05) is 6.54 Å². The standard InChI is InChI=1S/C13H17N4O3P/c14-13(7-4-8-17(15)12(13)19)21(20)16-11(18)9-10-5-2-1-3-6-10/h1-3,5-6H,4,7-9,14-15H2/p+1/t13-/m0/s1. The van der Waals surface area contributed by atoms with Gasteiger partial charge in [0.25, 0.3) is 5.91 Å². The predicted octanol–water partition coefficient (Wildman–Crippen LogP) is 0.239. The largest absolute Gasteiger partial charge is 0.494 e. The molecule has 8 heteroatoms. The minimum absolute atomic E-state index is 0.0819. The first kappa shape index (κ1) is 15.6. The lowest BCUT2D eigenvalue weighted by Gasteiger charge is -2.28. The lowest BCUT2D eigenvalue weighted by atomic mass is 10.1. The van der Waals surface area contributed by atoms with E-state index in [-0.39, 0.29) is 12.8 Å². The number of hydrogen-bond donors (Lipinski definition) is 3. The van der Waals surface area contributed by atoms with Crippen molar-refractivity contribution in [3.05, 3.63) is 35.9 Å². The van der Waals surface area contributed by atoms with Gasteiger partial charge in [-0.2, -0.15) is 0 Å². The summed E-state index contributed by atoms with van der Waals surface area (Å²) in [5.74, 6) is 4.47. The van der Waals surface area contributed by atoms with Gasteiger partial charge in [0, 0.05) is 13.0 Å². The van der Waals surface area contributed by atoms with Gasteiger partial charge in [-0.25, -0.2) is 5.84 Å². The lowest BCUT2D eigenvalue weighted by Crippen LogP contribution is -2.60. The summed E-state index contributed by atoms with van der Waals surface area (Å²) >= 11 is 0. The average molecular weight is 309 g/mol. The number of benzene rings is 1. The van der Waals surface area contributed by atoms with Crippen LogP contribution in [-0.2, 0) is 20.6 Å². The molecule has 5 N–H and O–H groups in total. The van der Waals surface area contributed by atoms with Crippen LogP contribution in [0.15, 0.2) is 30.3 Å². The molecule has 0 radical (unpaired) electrons. The number of amides is 2. The fraction of sp³-hybridized carbons (Fsp3) is 0.385. The molecule has 0 saturated carbocycles. The van der Waals surface area contributed by atoms with Crippen molar-refractivity contribution in [2.45, 2.75) is 24.5 Å². The smallest absolute Gasteiger partial charge is 0.275 e. The maximum Gasteiger partial charge on any atom is 0.494 e. The van der Waals surface area contributed by atoms with Crippen LogP contribution in [0.5, 0.6) is 0 Å². The minimum atomic E-state index is -2.43. The first-order valence-corrected chi connectivity index (χ1v) is 7.86. The number of hydrazine groups is 1. The van der Waals surface area contributed by atoms with E-state index in [2.05, 4.69) is 5.09 Å². The number of nitrogens with one attached hydrogen (secondary N) is 1. The first-order chi connectivity index (χ1) is 9.93. The van der Waals surface area contributed by atoms with E-state index in [0.717, 1.165) is 10.6 Å². The van der Waals surface area contributed by atoms with Gasteiger partial charge >= 0.3 is 19.1 Å². The van der Waals surface area contributed by atoms with Crippen LogP contribution in [0.2, 0.25) is 0 Å². The van der Waals surface area contributed by atoms with Gasteiger partial charge in [-0.1, -0.05) is 30.3 Å². The molecule has 1 fully saturated rings. The Hall–Kier alpha value is -1.82. The van der Waals surface area contributed by atoms with Crippen LogP contribution in [0, 0.1) is 0 Å². The van der Waals surface area contributed by atoms with Crippen LogP contribution in [0.4, 0.5) is 0 Å². The number of carbonyl (C=O) groups excluding carboxylic acids is 2. The van der Waals surface area contributed by atoms with E-state index in [1.165, 1.54) is 0 Å². The molecule has 0 aliphatic carbocycles. The number of nitrogens with zero attached hydrogens (tertiary/aromatic N) is 1. The fourth-order valence-electron chi connectivity index (χ4n) is 2.20. The van der Waals surface area contributed by atoms with Crippen molar-refractivity contribution >= 4 is 19.8 Å². The number of nitrogens with two attached hydrogens (primary N) is 2. The van der Waals surface area contributed by atoms with Gasteiger partial charge in [-0.3, -0.25) is 20.3 Å². The molecule has 1 saturated heterocycles. The summed E-state index contributed by atoms with van der Waals surface area (Å²) in [4.78, 5) is 23.9. The first-order valence-electron chi connectivity index (χ1n) is 6.60. The van der Waals surface area contributed by atoms with Gasteiger partial charge in [0.1, 0.15) is 0 Å². The van der Waals surface area contributed by atoms with Gasteiger partial charge in [-0.05, 0) is 16.5 Å². The van der Waals surface area contributed by atoms with Gasteiger partial charge in [-0.15, -0.1) is 5.09 Å². The Labute approximate surface area is 123 Å². The molecular weight excluding hydrogens is 291 g/mol. The van der Waals surface area contributed by atoms with E-state index in [1.54, 1.807) is 12.1 Å². The van der Waals surface area contributed by atoms with E-state index < -0.39 is 25.0 Å². The zero-order valence-electron chi connectivity index (χ0n) is 11.5. The van der Waals surface area contributed by atoms with Crippen molar-refractivity contribution < 1.29 is 14.2 Å². The van der Waals surface area contributed by atoms with Crippen LogP contribution < -0.4 is 16.7 Å². The Bertz CT molecular complexity index is 566. The zero-order chi connectivity index (χ0) is 15.5. The van der Waals surface area contributed by atoms with E-state index in [4.69, 9.17) is 11.6 Å². The molecule has 2 rings (SSSR count). The van der Waals surface area contributed by atoms with Crippen molar-refractivity contribution in [3.63, 3.8) is 0 Å². The van der Waals surface area contributed by atoms with Crippen LogP contribution in [0.25, 0.3) is 0 Å². The van der Waals surface area contributed by atoms with Gasteiger partial charge in [0.2, 0.25) is 0 Å². The fourth-order valence-corrected chi connectivity index (χ4v) is 3.37. The highest BCUT2D eigenvalue weighted by atomic mass is 31.1. The molecule has 112 valence electrons. The highest BCUT2D eigenvalue weighted by Crippen LogP contribution is 2.38. The second-order valence-electron chi connectivity index (χ2n) is 5.02. The molecule has 0 spiro atoms. The maximum absolute atomic E-state index is 12.3. The Morgan fingerprint density at radius 3 is 2.71 bits per heavy atom. The normalized spacial score (nSPS) is 22.9. The number of carbonyl (C=O) groups is 2. The predicted molar refractivity (Wildman–Crippen MR) is 77.9 cm³/mol. The molecule has 1 unspecified atom stereocenters. The molecule has 2 atom stereocenters. The molecule has 7 nitrogen and oxygen atoms in total. The van der Waals surface area contributed by atoms with Gasteiger partial charge in [0.05, 0.1) is 6.42 Å². The van der Waals surface area contributed by atoms with Crippen LogP contribution in [0.1, 0.15) is 18.4 Å². The summed E-state index contributed by atoms with van der Waals surface area (Å²) < 4.78 is 12.3. The monoisotopic (exact) mass is 309 g/mol. The molecule has 0 aromatic heterocycles. The highest BCUT2D eigenvalue weighted by molar-refractivity contribution is 7.46. The molecule has 1 aliphatic heterocycles. The molecule has 1 aromatic carbocycles. The van der Waals surface area contributed by atoms with Crippen LogP contribution in [0.3, 0.4) is 0 Å². The average Bonchev–Trinajstić information content (AvgIpc) is 2.45. The molecule has 2 amide bonds. The van der Waals surface area contributed by atoms with Crippen molar-refractivity contribution in [2.24, 2.45) is 11.6 Å². The van der Waals surface area contributed by atoms with Gasteiger partial charge < -0.3 is 0 Å². The molecule has 1 aromatic rings. The van der Waals surface area contributed by atoms with E-state index in [1.807, 2.05) is 18.2 Å². The highest BCUT2D eigenvalue weighted by Gasteiger charge is 2.57. The van der Waals surface area contributed by atoms with Crippen LogP contribution >= 0.6 is 7.95 Å². The van der Waals surface area contributed by atoms with Crippen LogP contribution in [-0.4, -0.2) is 28.6 Å². The molecule has 1 heterocycles. The second kappa shape index (κ2) is 6.30. The summed E-state index contributed by atoms with van der Waals surface area (Å²) in [6.45, 7) is 0.374. The summed E-state index contributed by atoms with van der Waals surface area (Å²) in [5, 5.41) is 1.67. The molecule has 0 bridgehead atoms. The minimum Gasteiger partial charge on any atom is -0.275 e. The van der Waals surface area contributed by atoms with Gasteiger partial charge in [0.15, 0.2) is 0 Å². The Morgan fingerprint density at radius 1 is 1.38 bits per heavy atom. The molecular formula is C13H18N4O3P+. The summed E-state index contributed by atoms with van der Waals surface area (Å²) in [5.41, 5.74) is 6.70. The van der Waals surface area contributed by atoms with Crippen molar-refractivity contribution in [3.8, 4) is 0 Å². The molecule has 1 aliphatic rings. The molecule has 21 heavy (non-hydrogen) atoms. The summed E-state index contributed by atoms with van der Waals surface area (Å²) in [6, 6.07) is 9.04. The number of rotatable bonds is 4. The third kappa shape index (κ3) is 3.44.